The minimum Gasteiger partial charge on any atom is -0.375 e. The molecule has 2 nitrogen and oxygen atoms in total. The van der Waals surface area contributed by atoms with Crippen LogP contribution < -0.4 is 5.32 Å². The molecule has 2 aliphatic rings. The molecule has 12 heavy (non-hydrogen) atoms. The van der Waals surface area contributed by atoms with Crippen LogP contribution in [-0.4, -0.2) is 25.3 Å². The van der Waals surface area contributed by atoms with E-state index in [9.17, 15) is 0 Å². The van der Waals surface area contributed by atoms with Crippen LogP contribution in [0, 0.1) is 0 Å². The summed E-state index contributed by atoms with van der Waals surface area (Å²) in [5.74, 6) is 0. The van der Waals surface area contributed by atoms with Gasteiger partial charge in [0.05, 0.1) is 5.60 Å². The maximum Gasteiger partial charge on any atom is 0.0707 e. The van der Waals surface area contributed by atoms with Gasteiger partial charge in [-0.15, -0.1) is 13.2 Å². The van der Waals surface area contributed by atoms with Crippen molar-refractivity contribution in [1.82, 2.24) is 5.32 Å². The third kappa shape index (κ3) is 2.08. The first-order valence-electron chi connectivity index (χ1n) is 4.76. The second-order valence-electron chi connectivity index (χ2n) is 3.39. The van der Waals surface area contributed by atoms with Crippen molar-refractivity contribution in [2.24, 2.45) is 0 Å². The molecule has 0 aromatic heterocycles. The van der Waals surface area contributed by atoms with Gasteiger partial charge in [-0.1, -0.05) is 0 Å². The third-order valence-electron chi connectivity index (χ3n) is 2.70. The number of ether oxygens (including phenoxy) is 1. The maximum absolute atomic E-state index is 5.74. The van der Waals surface area contributed by atoms with Gasteiger partial charge >= 0.3 is 0 Å². The lowest BCUT2D eigenvalue weighted by Crippen LogP contribution is -2.41. The predicted octanol–water partition coefficient (Wildman–Crippen LogP) is 1.72. The summed E-state index contributed by atoms with van der Waals surface area (Å²) in [5, 5.41) is 3.36. The molecule has 0 aromatic carbocycles. The van der Waals surface area contributed by atoms with Gasteiger partial charge in [-0.2, -0.15) is 0 Å². The number of nitrogens with one attached hydrogen (secondary N) is 1. The maximum atomic E-state index is 5.74. The van der Waals surface area contributed by atoms with Crippen LogP contribution in [0.3, 0.4) is 0 Å². The number of piperidine rings is 1. The van der Waals surface area contributed by atoms with Crippen LogP contribution in [0.5, 0.6) is 0 Å². The lowest BCUT2D eigenvalue weighted by molar-refractivity contribution is -0.0190. The Morgan fingerprint density at radius 2 is 1.75 bits per heavy atom. The molecule has 2 heteroatoms. The van der Waals surface area contributed by atoms with E-state index in [0.29, 0.717) is 5.60 Å². The molecule has 1 spiro atoms. The summed E-state index contributed by atoms with van der Waals surface area (Å²) in [4.78, 5) is 0. The lowest BCUT2D eigenvalue weighted by Gasteiger charge is -2.32. The van der Waals surface area contributed by atoms with Gasteiger partial charge in [0, 0.05) is 6.61 Å². The van der Waals surface area contributed by atoms with E-state index in [4.69, 9.17) is 4.74 Å². The van der Waals surface area contributed by atoms with Gasteiger partial charge in [-0.25, -0.2) is 0 Å². The first-order chi connectivity index (χ1) is 5.91. The summed E-state index contributed by atoms with van der Waals surface area (Å²) in [6.45, 7) is 9.31. The summed E-state index contributed by atoms with van der Waals surface area (Å²) in [6, 6.07) is 0. The zero-order chi connectivity index (χ0) is 8.86. The monoisotopic (exact) mass is 169 g/mol. The molecule has 0 unspecified atom stereocenters. The van der Waals surface area contributed by atoms with Crippen LogP contribution >= 0.6 is 0 Å². The summed E-state index contributed by atoms with van der Waals surface area (Å²) >= 11 is 0. The van der Waals surface area contributed by atoms with Gasteiger partial charge in [-0.05, 0) is 38.8 Å². The Morgan fingerprint density at radius 1 is 1.08 bits per heavy atom. The van der Waals surface area contributed by atoms with Crippen molar-refractivity contribution in [3.8, 4) is 0 Å². The smallest absolute Gasteiger partial charge is 0.0707 e. The van der Waals surface area contributed by atoms with E-state index in [1.54, 1.807) is 0 Å². The second kappa shape index (κ2) is 4.63. The van der Waals surface area contributed by atoms with Crippen molar-refractivity contribution in [1.29, 1.82) is 0 Å². The van der Waals surface area contributed by atoms with E-state index in [-0.39, 0.29) is 0 Å². The molecule has 2 aliphatic heterocycles. The highest BCUT2D eigenvalue weighted by atomic mass is 16.5. The fraction of sp³-hybridized carbons (Fsp3) is 0.800. The summed E-state index contributed by atoms with van der Waals surface area (Å²) in [7, 11) is 0. The summed E-state index contributed by atoms with van der Waals surface area (Å²) in [6.07, 6.45) is 5.04. The molecule has 2 fully saturated rings. The number of hydrogen-bond donors (Lipinski definition) is 1. The van der Waals surface area contributed by atoms with Gasteiger partial charge in [-0.3, -0.25) is 0 Å². The normalized spacial score (nSPS) is 26.3. The molecule has 0 saturated carbocycles. The summed E-state index contributed by atoms with van der Waals surface area (Å²) < 4.78 is 5.74. The molecule has 2 saturated heterocycles. The van der Waals surface area contributed by atoms with E-state index < -0.39 is 0 Å². The van der Waals surface area contributed by atoms with Gasteiger partial charge in [0.15, 0.2) is 0 Å². The van der Waals surface area contributed by atoms with E-state index in [1.165, 1.54) is 25.7 Å². The zero-order valence-electron chi connectivity index (χ0n) is 7.77. The molecule has 0 aliphatic carbocycles. The van der Waals surface area contributed by atoms with Gasteiger partial charge in [0.25, 0.3) is 0 Å². The molecule has 0 bridgehead atoms. The fourth-order valence-electron chi connectivity index (χ4n) is 2.03. The zero-order valence-corrected chi connectivity index (χ0v) is 7.77. The van der Waals surface area contributed by atoms with Crippen molar-refractivity contribution in [2.75, 3.05) is 19.7 Å². The van der Waals surface area contributed by atoms with Crippen LogP contribution in [0.1, 0.15) is 25.7 Å². The molecular weight excluding hydrogens is 150 g/mol. The molecule has 70 valence electrons. The van der Waals surface area contributed by atoms with E-state index in [2.05, 4.69) is 18.5 Å². The third-order valence-corrected chi connectivity index (χ3v) is 2.70. The van der Waals surface area contributed by atoms with Crippen LogP contribution in [0.4, 0.5) is 0 Å². The Bertz CT molecular complexity index is 122. The molecule has 1 N–H and O–H groups in total. The van der Waals surface area contributed by atoms with Crippen molar-refractivity contribution < 1.29 is 4.74 Å². The minimum absolute atomic E-state index is 0.311. The first kappa shape index (κ1) is 9.75. The second-order valence-corrected chi connectivity index (χ2v) is 3.39. The molecule has 0 atom stereocenters. The quantitative estimate of drug-likeness (QED) is 0.557. The average Bonchev–Trinajstić information content (AvgIpc) is 2.58. The van der Waals surface area contributed by atoms with Crippen LogP contribution in [-0.2, 0) is 4.74 Å². The minimum atomic E-state index is 0.311. The van der Waals surface area contributed by atoms with Crippen molar-refractivity contribution in [3.05, 3.63) is 13.2 Å². The van der Waals surface area contributed by atoms with Crippen LogP contribution in [0.2, 0.25) is 0 Å². The Kier molecular flexibility index (Phi) is 3.76. The predicted molar refractivity (Wildman–Crippen MR) is 51.3 cm³/mol. The van der Waals surface area contributed by atoms with Crippen LogP contribution in [0.15, 0.2) is 13.2 Å². The number of hydrogen-bond acceptors (Lipinski definition) is 2. The standard InChI is InChI=1S/C8H15NO.C2H4/c1-2-8(10-7-1)3-5-9-6-4-8;1-2/h9H,1-7H2;1-2H2. The van der Waals surface area contributed by atoms with Crippen molar-refractivity contribution in [2.45, 2.75) is 31.3 Å². The molecular formula is C10H19NO. The van der Waals surface area contributed by atoms with Crippen LogP contribution in [0.25, 0.3) is 0 Å². The summed E-state index contributed by atoms with van der Waals surface area (Å²) in [5.41, 5.74) is 0.311. The van der Waals surface area contributed by atoms with Gasteiger partial charge < -0.3 is 10.1 Å². The highest BCUT2D eigenvalue weighted by Crippen LogP contribution is 2.33. The Labute approximate surface area is 75.0 Å². The van der Waals surface area contributed by atoms with E-state index in [0.717, 1.165) is 19.7 Å². The first-order valence-corrected chi connectivity index (χ1v) is 4.76. The van der Waals surface area contributed by atoms with E-state index in [1.807, 2.05) is 0 Å². The average molecular weight is 169 g/mol. The number of rotatable bonds is 0. The lowest BCUT2D eigenvalue weighted by atomic mass is 9.90. The fourth-order valence-corrected chi connectivity index (χ4v) is 2.03. The molecule has 0 aromatic rings. The topological polar surface area (TPSA) is 21.3 Å². The highest BCUT2D eigenvalue weighted by molar-refractivity contribution is 4.89. The highest BCUT2D eigenvalue weighted by Gasteiger charge is 2.35. The largest absolute Gasteiger partial charge is 0.375 e. The van der Waals surface area contributed by atoms with Gasteiger partial charge in [0.1, 0.15) is 0 Å². The Morgan fingerprint density at radius 3 is 2.25 bits per heavy atom. The Hall–Kier alpha value is -0.340. The molecule has 2 heterocycles. The van der Waals surface area contributed by atoms with Crippen molar-refractivity contribution in [3.63, 3.8) is 0 Å². The molecule has 0 radical (unpaired) electrons. The SMILES string of the molecule is C1COC2(C1)CCNCC2.C=C. The molecule has 0 amide bonds. The van der Waals surface area contributed by atoms with Gasteiger partial charge in [0.2, 0.25) is 0 Å². The van der Waals surface area contributed by atoms with Crippen molar-refractivity contribution >= 4 is 0 Å². The van der Waals surface area contributed by atoms with E-state index >= 15 is 0 Å². The molecule has 2 rings (SSSR count). The Balaban J connectivity index is 0.000000336.